The lowest BCUT2D eigenvalue weighted by Gasteiger charge is -2.27. The molecule has 0 saturated carbocycles. The van der Waals surface area contributed by atoms with E-state index in [9.17, 15) is 22.8 Å². The number of piperidine rings is 1. The van der Waals surface area contributed by atoms with Gasteiger partial charge in [-0.3, -0.25) is 9.59 Å². The number of alkyl halides is 3. The van der Waals surface area contributed by atoms with Gasteiger partial charge in [-0.05, 0) is 6.42 Å². The van der Waals surface area contributed by atoms with Gasteiger partial charge < -0.3 is 20.5 Å². The number of carboxylic acid groups (broad SMARTS) is 1. The Morgan fingerprint density at radius 2 is 2.05 bits per heavy atom. The van der Waals surface area contributed by atoms with Gasteiger partial charge in [0.2, 0.25) is 5.91 Å². The molecule has 0 radical (unpaired) electrons. The van der Waals surface area contributed by atoms with E-state index in [1.807, 2.05) is 0 Å². The van der Waals surface area contributed by atoms with Crippen LogP contribution < -0.4 is 10.6 Å². The van der Waals surface area contributed by atoms with Crippen LogP contribution in [0.25, 0.3) is 0 Å². The van der Waals surface area contributed by atoms with Gasteiger partial charge in [0, 0.05) is 13.1 Å². The molecule has 1 saturated heterocycles. The van der Waals surface area contributed by atoms with Crippen LogP contribution in [0.4, 0.5) is 13.2 Å². The molecule has 0 aliphatic carbocycles. The highest BCUT2D eigenvalue weighted by Gasteiger charge is 2.29. The molecule has 0 aromatic carbocycles. The van der Waals surface area contributed by atoms with E-state index >= 15 is 0 Å². The molecular weight excluding hydrogens is 269 g/mol. The fourth-order valence-electron chi connectivity index (χ4n) is 1.66. The zero-order valence-electron chi connectivity index (χ0n) is 10.00. The summed E-state index contributed by atoms with van der Waals surface area (Å²) in [6.07, 6.45) is -4.72. The monoisotopic (exact) mass is 284 g/mol. The van der Waals surface area contributed by atoms with Crippen molar-refractivity contribution < 1.29 is 32.6 Å². The quantitative estimate of drug-likeness (QED) is 0.647. The lowest BCUT2D eigenvalue weighted by atomic mass is 9.98. The maximum absolute atomic E-state index is 11.8. The highest BCUT2D eigenvalue weighted by Crippen LogP contribution is 2.14. The van der Waals surface area contributed by atoms with Crippen molar-refractivity contribution in [1.82, 2.24) is 10.6 Å². The Labute approximate surface area is 107 Å². The average molecular weight is 284 g/mol. The van der Waals surface area contributed by atoms with Crippen LogP contribution in [0.3, 0.4) is 0 Å². The van der Waals surface area contributed by atoms with Gasteiger partial charge in [-0.15, -0.1) is 0 Å². The van der Waals surface area contributed by atoms with Gasteiger partial charge in [0.1, 0.15) is 13.2 Å². The van der Waals surface area contributed by atoms with Crippen LogP contribution in [0.15, 0.2) is 0 Å². The Hall–Kier alpha value is -1.35. The van der Waals surface area contributed by atoms with Gasteiger partial charge in [-0.25, -0.2) is 0 Å². The van der Waals surface area contributed by atoms with E-state index in [1.165, 1.54) is 0 Å². The second kappa shape index (κ2) is 6.71. The lowest BCUT2D eigenvalue weighted by molar-refractivity contribution is -0.146. The summed E-state index contributed by atoms with van der Waals surface area (Å²) in [7, 11) is 0. The lowest BCUT2D eigenvalue weighted by Crippen LogP contribution is -2.45. The van der Waals surface area contributed by atoms with Crippen molar-refractivity contribution in [2.24, 2.45) is 5.92 Å². The van der Waals surface area contributed by atoms with Crippen molar-refractivity contribution in [3.63, 3.8) is 0 Å². The molecule has 110 valence electrons. The molecule has 2 atom stereocenters. The SMILES string of the molecule is O=C(COC1CNCC(C(=O)O)C1)NCC(F)(F)F. The van der Waals surface area contributed by atoms with Gasteiger partial charge in [0.25, 0.3) is 0 Å². The Kier molecular flexibility index (Phi) is 5.55. The molecule has 1 heterocycles. The van der Waals surface area contributed by atoms with Crippen molar-refractivity contribution in [1.29, 1.82) is 0 Å². The number of halogens is 3. The Morgan fingerprint density at radius 3 is 2.63 bits per heavy atom. The summed E-state index contributed by atoms with van der Waals surface area (Å²) >= 11 is 0. The summed E-state index contributed by atoms with van der Waals surface area (Å²) in [6.45, 7) is -1.24. The minimum absolute atomic E-state index is 0.231. The molecule has 1 rings (SSSR count). The van der Waals surface area contributed by atoms with E-state index in [0.717, 1.165) is 0 Å². The fourth-order valence-corrected chi connectivity index (χ4v) is 1.66. The van der Waals surface area contributed by atoms with Crippen molar-refractivity contribution in [3.05, 3.63) is 0 Å². The van der Waals surface area contributed by atoms with Gasteiger partial charge in [0.15, 0.2) is 0 Å². The van der Waals surface area contributed by atoms with Gasteiger partial charge in [-0.1, -0.05) is 0 Å². The highest BCUT2D eigenvalue weighted by atomic mass is 19.4. The van der Waals surface area contributed by atoms with Crippen molar-refractivity contribution in [2.45, 2.75) is 18.7 Å². The van der Waals surface area contributed by atoms with Crippen LogP contribution in [0.1, 0.15) is 6.42 Å². The summed E-state index contributed by atoms with van der Waals surface area (Å²) in [6, 6.07) is 0. The maximum atomic E-state index is 11.8. The number of nitrogens with one attached hydrogen (secondary N) is 2. The normalized spacial score (nSPS) is 23.9. The Morgan fingerprint density at radius 1 is 1.37 bits per heavy atom. The number of hydrogen-bond acceptors (Lipinski definition) is 4. The van der Waals surface area contributed by atoms with Crippen molar-refractivity contribution in [3.8, 4) is 0 Å². The van der Waals surface area contributed by atoms with Gasteiger partial charge >= 0.3 is 12.1 Å². The molecule has 0 aromatic rings. The third-order valence-corrected chi connectivity index (χ3v) is 2.60. The summed E-state index contributed by atoms with van der Waals surface area (Å²) in [5, 5.41) is 13.3. The fraction of sp³-hybridized carbons (Fsp3) is 0.800. The number of carbonyl (C=O) groups excluding carboxylic acids is 1. The molecule has 2 unspecified atom stereocenters. The molecule has 0 aromatic heterocycles. The van der Waals surface area contributed by atoms with Gasteiger partial charge in [0.05, 0.1) is 12.0 Å². The zero-order valence-corrected chi connectivity index (χ0v) is 10.00. The molecule has 1 amide bonds. The number of amides is 1. The predicted molar refractivity (Wildman–Crippen MR) is 57.4 cm³/mol. The van der Waals surface area contributed by atoms with E-state index in [2.05, 4.69) is 5.32 Å². The second-order valence-electron chi connectivity index (χ2n) is 4.25. The van der Waals surface area contributed by atoms with Crippen LogP contribution in [-0.4, -0.2) is 55.5 Å². The minimum Gasteiger partial charge on any atom is -0.481 e. The first kappa shape index (κ1) is 15.7. The summed E-state index contributed by atoms with van der Waals surface area (Å²) in [4.78, 5) is 21.8. The van der Waals surface area contributed by atoms with E-state index < -0.39 is 43.2 Å². The van der Waals surface area contributed by atoms with Crippen LogP contribution in [0.5, 0.6) is 0 Å². The molecule has 1 aliphatic heterocycles. The van der Waals surface area contributed by atoms with Gasteiger partial charge in [-0.2, -0.15) is 13.2 Å². The predicted octanol–water partition coefficient (Wildman–Crippen LogP) is -0.256. The van der Waals surface area contributed by atoms with E-state index in [4.69, 9.17) is 9.84 Å². The van der Waals surface area contributed by atoms with Crippen molar-refractivity contribution in [2.75, 3.05) is 26.2 Å². The third kappa shape index (κ3) is 6.39. The first-order valence-corrected chi connectivity index (χ1v) is 5.66. The molecular formula is C10H15F3N2O4. The molecule has 3 N–H and O–H groups in total. The highest BCUT2D eigenvalue weighted by molar-refractivity contribution is 5.77. The third-order valence-electron chi connectivity index (χ3n) is 2.60. The topological polar surface area (TPSA) is 87.7 Å². The average Bonchev–Trinajstić information content (AvgIpc) is 2.33. The number of carbonyl (C=O) groups is 2. The number of rotatable bonds is 5. The number of aliphatic carboxylic acids is 1. The maximum Gasteiger partial charge on any atom is 0.405 e. The minimum atomic E-state index is -4.46. The Balaban J connectivity index is 2.24. The van der Waals surface area contributed by atoms with E-state index in [0.29, 0.717) is 13.1 Å². The number of carboxylic acids is 1. The number of hydrogen-bond donors (Lipinski definition) is 3. The Bertz CT molecular complexity index is 335. The van der Waals surface area contributed by atoms with Crippen molar-refractivity contribution >= 4 is 11.9 Å². The molecule has 9 heteroatoms. The summed E-state index contributed by atoms with van der Waals surface area (Å²) in [5.74, 6) is -2.46. The summed E-state index contributed by atoms with van der Waals surface area (Å²) < 4.78 is 40.5. The van der Waals surface area contributed by atoms with E-state index in [1.54, 1.807) is 5.32 Å². The molecule has 1 fully saturated rings. The van der Waals surface area contributed by atoms with Crippen LogP contribution in [-0.2, 0) is 14.3 Å². The van der Waals surface area contributed by atoms with Crippen LogP contribution in [0.2, 0.25) is 0 Å². The van der Waals surface area contributed by atoms with Crippen LogP contribution >= 0.6 is 0 Å². The molecule has 1 aliphatic rings. The first-order chi connectivity index (χ1) is 8.78. The molecule has 19 heavy (non-hydrogen) atoms. The smallest absolute Gasteiger partial charge is 0.405 e. The molecule has 0 bridgehead atoms. The number of ether oxygens (including phenoxy) is 1. The largest absolute Gasteiger partial charge is 0.481 e. The second-order valence-corrected chi connectivity index (χ2v) is 4.25. The van der Waals surface area contributed by atoms with E-state index in [-0.39, 0.29) is 6.42 Å². The van der Waals surface area contributed by atoms with Crippen LogP contribution in [0, 0.1) is 5.92 Å². The molecule has 6 nitrogen and oxygen atoms in total. The standard InChI is InChI=1S/C10H15F3N2O4/c11-10(12,13)5-15-8(16)4-19-7-1-6(9(17)18)2-14-3-7/h6-7,14H,1-5H2,(H,15,16)(H,17,18). The zero-order chi connectivity index (χ0) is 14.5. The molecule has 0 spiro atoms. The summed E-state index contributed by atoms with van der Waals surface area (Å²) in [5.41, 5.74) is 0. The first-order valence-electron chi connectivity index (χ1n) is 5.66.